The van der Waals surface area contributed by atoms with E-state index in [1.165, 1.54) is 6.42 Å². The Bertz CT molecular complexity index is 1110. The number of thiocarbonyl (C=S) groups is 1. The molecule has 0 aliphatic carbocycles. The predicted molar refractivity (Wildman–Crippen MR) is 139 cm³/mol. The van der Waals surface area contributed by atoms with E-state index in [1.807, 2.05) is 31.2 Å². The number of aromatic nitrogens is 1. The van der Waals surface area contributed by atoms with Gasteiger partial charge in [0, 0.05) is 53.7 Å². The first-order valence-electron chi connectivity index (χ1n) is 11.5. The van der Waals surface area contributed by atoms with E-state index in [-0.39, 0.29) is 5.91 Å². The monoisotopic (exact) mass is 499 g/mol. The molecule has 2 aliphatic rings. The molecule has 2 aromatic rings. The summed E-state index contributed by atoms with van der Waals surface area (Å²) in [5, 5.41) is 10.2. The number of likely N-dealkylation sites (N-methyl/N-ethyl adjacent to an activating group) is 1. The Morgan fingerprint density at radius 3 is 3.03 bits per heavy atom. The number of pyridine rings is 1. The molecule has 7 nitrogen and oxygen atoms in total. The molecule has 3 N–H and O–H groups in total. The quantitative estimate of drug-likeness (QED) is 0.476. The van der Waals surface area contributed by atoms with Crippen molar-refractivity contribution in [3.8, 4) is 5.75 Å². The maximum absolute atomic E-state index is 12.7. The van der Waals surface area contributed by atoms with Crippen LogP contribution in [0.1, 0.15) is 30.4 Å². The Hall–Kier alpha value is -2.68. The number of hydrogen-bond acceptors (Lipinski definition) is 6. The van der Waals surface area contributed by atoms with Gasteiger partial charge in [-0.05, 0) is 57.1 Å². The topological polar surface area (TPSA) is 78.5 Å². The van der Waals surface area contributed by atoms with Gasteiger partial charge in [0.25, 0.3) is 5.91 Å². The molecule has 1 fully saturated rings. The molecule has 4 rings (SSSR count). The van der Waals surface area contributed by atoms with E-state index in [0.29, 0.717) is 47.7 Å². The zero-order chi connectivity index (χ0) is 24.1. The highest BCUT2D eigenvalue weighted by atomic mass is 35.5. The second-order valence-corrected chi connectivity index (χ2v) is 9.47. The molecule has 0 unspecified atom stereocenters. The molecule has 1 atom stereocenters. The van der Waals surface area contributed by atoms with Gasteiger partial charge in [-0.25, -0.2) is 0 Å². The molecular formula is C25H30ClN5O2S. The van der Waals surface area contributed by atoms with Crippen molar-refractivity contribution in [2.45, 2.75) is 38.8 Å². The third kappa shape index (κ3) is 5.68. The van der Waals surface area contributed by atoms with Crippen molar-refractivity contribution in [1.82, 2.24) is 20.5 Å². The molecule has 0 spiro atoms. The van der Waals surface area contributed by atoms with E-state index >= 15 is 0 Å². The standard InChI is InChI=1S/C25H30ClN5O2S/c1-16-19(26)6-3-7-20(16)30-25(34)23-21(9-11-28-24(23)32)29-13-17-8-10-27-14-22(17)33-15-18-5-4-12-31(18)2/h3,6-8,10,14,18,29H,4-5,9,11-13,15H2,1-2H3,(H,28,32)(H,30,34)/t18-/m0/s1. The number of nitrogens with one attached hydrogen (secondary N) is 3. The molecule has 0 radical (unpaired) electrons. The Labute approximate surface area is 210 Å². The van der Waals surface area contributed by atoms with Crippen LogP contribution in [0.25, 0.3) is 0 Å². The molecule has 1 aromatic heterocycles. The van der Waals surface area contributed by atoms with Gasteiger partial charge in [0.05, 0.1) is 11.8 Å². The van der Waals surface area contributed by atoms with Gasteiger partial charge in [0.1, 0.15) is 17.3 Å². The van der Waals surface area contributed by atoms with Crippen LogP contribution >= 0.6 is 23.8 Å². The summed E-state index contributed by atoms with van der Waals surface area (Å²) in [6.07, 6.45) is 6.51. The van der Waals surface area contributed by atoms with E-state index in [1.54, 1.807) is 12.4 Å². The van der Waals surface area contributed by atoms with Crippen LogP contribution in [-0.2, 0) is 11.3 Å². The molecule has 1 saturated heterocycles. The number of rotatable bonds is 8. The highest BCUT2D eigenvalue weighted by molar-refractivity contribution is 7.81. The Kier molecular flexibility index (Phi) is 8.03. The molecule has 1 aromatic carbocycles. The lowest BCUT2D eigenvalue weighted by Gasteiger charge is -2.24. The molecule has 2 aliphatic heterocycles. The lowest BCUT2D eigenvalue weighted by molar-refractivity contribution is -0.117. The van der Waals surface area contributed by atoms with Crippen LogP contribution in [0.15, 0.2) is 47.9 Å². The maximum atomic E-state index is 12.7. The van der Waals surface area contributed by atoms with Crippen molar-refractivity contribution >= 4 is 40.4 Å². The largest absolute Gasteiger partial charge is 0.490 e. The van der Waals surface area contributed by atoms with Crippen LogP contribution in [0.5, 0.6) is 5.75 Å². The highest BCUT2D eigenvalue weighted by Crippen LogP contribution is 2.25. The zero-order valence-electron chi connectivity index (χ0n) is 19.5. The third-order valence-corrected chi connectivity index (χ3v) is 7.11. The minimum Gasteiger partial charge on any atom is -0.490 e. The number of carbonyl (C=O) groups excluding carboxylic acids is 1. The van der Waals surface area contributed by atoms with Crippen LogP contribution in [0.4, 0.5) is 5.69 Å². The summed E-state index contributed by atoms with van der Waals surface area (Å²) in [5.41, 5.74) is 3.90. The fourth-order valence-corrected chi connectivity index (χ4v) is 4.76. The average molecular weight is 500 g/mol. The summed E-state index contributed by atoms with van der Waals surface area (Å²) in [6, 6.07) is 7.93. The van der Waals surface area contributed by atoms with Gasteiger partial charge in [-0.15, -0.1) is 0 Å². The van der Waals surface area contributed by atoms with Crippen molar-refractivity contribution in [1.29, 1.82) is 0 Å². The summed E-state index contributed by atoms with van der Waals surface area (Å²) >= 11 is 11.9. The van der Waals surface area contributed by atoms with Gasteiger partial charge < -0.3 is 25.6 Å². The van der Waals surface area contributed by atoms with Gasteiger partial charge in [0.15, 0.2) is 0 Å². The maximum Gasteiger partial charge on any atom is 0.256 e. The highest BCUT2D eigenvalue weighted by Gasteiger charge is 2.25. The second kappa shape index (κ2) is 11.2. The number of nitrogens with zero attached hydrogens (tertiary/aromatic N) is 2. The van der Waals surface area contributed by atoms with Crippen LogP contribution in [0.2, 0.25) is 5.02 Å². The molecule has 1 amide bonds. The Balaban J connectivity index is 1.48. The summed E-state index contributed by atoms with van der Waals surface area (Å²) in [5.74, 6) is 0.564. The molecule has 9 heteroatoms. The van der Waals surface area contributed by atoms with E-state index in [0.717, 1.165) is 41.2 Å². The van der Waals surface area contributed by atoms with Crippen molar-refractivity contribution in [2.24, 2.45) is 0 Å². The van der Waals surface area contributed by atoms with Gasteiger partial charge in [0.2, 0.25) is 0 Å². The number of likely N-dealkylation sites (tertiary alicyclic amines) is 1. The van der Waals surface area contributed by atoms with Crippen molar-refractivity contribution < 1.29 is 9.53 Å². The first-order valence-corrected chi connectivity index (χ1v) is 12.3. The molecule has 34 heavy (non-hydrogen) atoms. The van der Waals surface area contributed by atoms with E-state index in [2.05, 4.69) is 32.9 Å². The molecule has 3 heterocycles. The number of benzene rings is 1. The lowest BCUT2D eigenvalue weighted by Crippen LogP contribution is -2.39. The first kappa shape index (κ1) is 24.4. The van der Waals surface area contributed by atoms with Crippen molar-refractivity contribution in [2.75, 3.05) is 32.1 Å². The lowest BCUT2D eigenvalue weighted by atomic mass is 10.1. The van der Waals surface area contributed by atoms with Crippen molar-refractivity contribution in [3.63, 3.8) is 0 Å². The zero-order valence-corrected chi connectivity index (χ0v) is 21.1. The van der Waals surface area contributed by atoms with E-state index in [9.17, 15) is 4.79 Å². The smallest absolute Gasteiger partial charge is 0.256 e. The molecule has 0 bridgehead atoms. The van der Waals surface area contributed by atoms with Gasteiger partial charge in [-0.3, -0.25) is 9.78 Å². The van der Waals surface area contributed by atoms with Crippen LogP contribution in [0.3, 0.4) is 0 Å². The molecular weight excluding hydrogens is 470 g/mol. The third-order valence-electron chi connectivity index (χ3n) is 6.40. The number of amides is 1. The normalized spacial score (nSPS) is 18.6. The predicted octanol–water partition coefficient (Wildman–Crippen LogP) is 3.82. The minimum atomic E-state index is -0.193. The van der Waals surface area contributed by atoms with Crippen LogP contribution in [-0.4, -0.2) is 53.6 Å². The van der Waals surface area contributed by atoms with Crippen LogP contribution < -0.4 is 20.7 Å². The average Bonchev–Trinajstić information content (AvgIpc) is 3.24. The van der Waals surface area contributed by atoms with Gasteiger partial charge >= 0.3 is 0 Å². The van der Waals surface area contributed by atoms with Crippen molar-refractivity contribution in [3.05, 3.63) is 64.1 Å². The summed E-state index contributed by atoms with van der Waals surface area (Å²) in [4.78, 5) is 19.7. The first-order chi connectivity index (χ1) is 16.4. The fraction of sp³-hybridized carbons (Fsp3) is 0.400. The van der Waals surface area contributed by atoms with Gasteiger partial charge in [-0.2, -0.15) is 0 Å². The fourth-order valence-electron chi connectivity index (χ4n) is 4.26. The molecule has 0 saturated carbocycles. The number of ether oxygens (including phenoxy) is 1. The summed E-state index contributed by atoms with van der Waals surface area (Å²) < 4.78 is 6.14. The van der Waals surface area contributed by atoms with E-state index in [4.69, 9.17) is 28.6 Å². The Morgan fingerprint density at radius 1 is 1.38 bits per heavy atom. The number of hydrogen-bond donors (Lipinski definition) is 3. The number of carbonyl (C=O) groups is 1. The minimum absolute atomic E-state index is 0.193. The SMILES string of the molecule is Cc1c(Cl)cccc1NC(=S)C1=C(NCc2ccncc2OC[C@@H]2CCCN2C)CCNC1=O. The molecule has 180 valence electrons. The summed E-state index contributed by atoms with van der Waals surface area (Å²) in [6.45, 7) is 4.71. The van der Waals surface area contributed by atoms with E-state index < -0.39 is 0 Å². The Morgan fingerprint density at radius 2 is 2.24 bits per heavy atom. The van der Waals surface area contributed by atoms with Gasteiger partial charge in [-0.1, -0.05) is 29.9 Å². The number of anilines is 1. The summed E-state index contributed by atoms with van der Waals surface area (Å²) in [7, 11) is 2.14. The number of halogens is 1. The second-order valence-electron chi connectivity index (χ2n) is 8.65. The van der Waals surface area contributed by atoms with Crippen LogP contribution in [0, 0.1) is 6.92 Å².